The number of hydrogen-bond acceptors (Lipinski definition) is 7. The number of fused-ring (bicyclic) bond motifs is 2. The van der Waals surface area contributed by atoms with Gasteiger partial charge in [-0.15, -0.1) is 0 Å². The van der Waals surface area contributed by atoms with Gasteiger partial charge in [0.1, 0.15) is 11.8 Å². The number of amides is 2. The molecule has 2 amide bonds. The number of carboxylic acid groups (broad SMARTS) is 1. The third kappa shape index (κ3) is 6.45. The van der Waals surface area contributed by atoms with Crippen LogP contribution < -0.4 is 20.1 Å². The Bertz CT molecular complexity index is 1650. The van der Waals surface area contributed by atoms with E-state index in [-0.39, 0.29) is 30.2 Å². The highest BCUT2D eigenvalue weighted by Crippen LogP contribution is 2.32. The van der Waals surface area contributed by atoms with Gasteiger partial charge in [-0.3, -0.25) is 19.7 Å². The fourth-order valence-electron chi connectivity index (χ4n) is 4.29. The number of H-pyrrole nitrogens is 1. The lowest BCUT2D eigenvalue weighted by Gasteiger charge is -2.26. The van der Waals surface area contributed by atoms with Crippen LogP contribution in [-0.4, -0.2) is 53.4 Å². The van der Waals surface area contributed by atoms with Crippen LogP contribution in [0.1, 0.15) is 17.5 Å². The van der Waals surface area contributed by atoms with Crippen molar-refractivity contribution >= 4 is 50.5 Å². The summed E-state index contributed by atoms with van der Waals surface area (Å²) in [7, 11) is -3.94. The Labute approximate surface area is 228 Å². The number of rotatable bonds is 10. The highest BCUT2D eigenvalue weighted by atomic mass is 32.2. The van der Waals surface area contributed by atoms with Crippen LogP contribution >= 0.6 is 0 Å². The van der Waals surface area contributed by atoms with Crippen LogP contribution in [0.5, 0.6) is 5.75 Å². The number of sulfonamides is 1. The number of nitrogens with one attached hydrogen (secondary N) is 4. The lowest BCUT2D eigenvalue weighted by Crippen LogP contribution is -2.43. The number of anilines is 2. The second kappa shape index (κ2) is 11.2. The summed E-state index contributed by atoms with van der Waals surface area (Å²) in [4.78, 5) is 44.3. The van der Waals surface area contributed by atoms with E-state index >= 15 is 0 Å². The molecule has 1 unspecified atom stereocenters. The van der Waals surface area contributed by atoms with E-state index in [1.165, 1.54) is 12.1 Å². The first kappa shape index (κ1) is 26.8. The molecule has 0 fully saturated rings. The van der Waals surface area contributed by atoms with Gasteiger partial charge in [0.05, 0.1) is 28.9 Å². The van der Waals surface area contributed by atoms with Crippen molar-refractivity contribution in [2.75, 3.05) is 10.6 Å². The monoisotopic (exact) mass is 563 g/mol. The lowest BCUT2D eigenvalue weighted by molar-refractivity contribution is -0.139. The average molecular weight is 564 g/mol. The summed E-state index contributed by atoms with van der Waals surface area (Å²) < 4.78 is 33.1. The number of nitrogens with zero attached hydrogens (tertiary/aromatic N) is 1. The highest BCUT2D eigenvalue weighted by molar-refractivity contribution is 7.88. The van der Waals surface area contributed by atoms with Crippen LogP contribution in [0.15, 0.2) is 72.8 Å². The predicted octanol–water partition coefficient (Wildman–Crippen LogP) is 2.41. The zero-order chi connectivity index (χ0) is 28.3. The summed E-state index contributed by atoms with van der Waals surface area (Å²) in [6.07, 6.45) is -1.54. The number of para-hydroxylation sites is 2. The van der Waals surface area contributed by atoms with Crippen molar-refractivity contribution in [3.63, 3.8) is 0 Å². The van der Waals surface area contributed by atoms with Gasteiger partial charge in [-0.05, 0) is 41.8 Å². The number of ether oxygens (including phenoxy) is 1. The Morgan fingerprint density at radius 3 is 2.52 bits per heavy atom. The Hall–Kier alpha value is -4.75. The maximum absolute atomic E-state index is 12.7. The van der Waals surface area contributed by atoms with Crippen molar-refractivity contribution < 1.29 is 32.6 Å². The third-order valence-corrected chi connectivity index (χ3v) is 7.50. The zero-order valence-corrected chi connectivity index (χ0v) is 21.8. The first-order valence-corrected chi connectivity index (χ1v) is 13.9. The molecule has 2 atom stereocenters. The molecule has 0 bridgehead atoms. The molecule has 2 heterocycles. The van der Waals surface area contributed by atoms with E-state index in [4.69, 9.17) is 4.74 Å². The van der Waals surface area contributed by atoms with Gasteiger partial charge < -0.3 is 20.1 Å². The van der Waals surface area contributed by atoms with E-state index < -0.39 is 40.0 Å². The molecule has 0 saturated carbocycles. The molecule has 0 spiro atoms. The van der Waals surface area contributed by atoms with Gasteiger partial charge in [0, 0.05) is 0 Å². The predicted molar refractivity (Wildman–Crippen MR) is 146 cm³/mol. The highest BCUT2D eigenvalue weighted by Gasteiger charge is 2.31. The molecule has 5 rings (SSSR count). The van der Waals surface area contributed by atoms with Crippen molar-refractivity contribution in [2.45, 2.75) is 30.7 Å². The van der Waals surface area contributed by atoms with Gasteiger partial charge in [-0.2, -0.15) is 0 Å². The topological polar surface area (TPSA) is 180 Å². The van der Waals surface area contributed by atoms with Gasteiger partial charge in [-0.1, -0.05) is 48.5 Å². The molecule has 0 radical (unpaired) electrons. The number of carbonyl (C=O) groups is 3. The molecule has 12 nitrogen and oxygen atoms in total. The van der Waals surface area contributed by atoms with E-state index in [1.54, 1.807) is 42.5 Å². The van der Waals surface area contributed by atoms with Crippen LogP contribution in [0.2, 0.25) is 0 Å². The van der Waals surface area contributed by atoms with Crippen LogP contribution in [0.25, 0.3) is 11.0 Å². The number of aliphatic carboxylic acids is 1. The van der Waals surface area contributed by atoms with Gasteiger partial charge in [0.25, 0.3) is 5.91 Å². The SMILES string of the molecule is O=C(CC1Oc2ccc(C[C@H](NS(=O)(=O)Cc3ccccc3)C(=O)O)cc2NC1=O)Nc1nc2ccccc2[nH]1. The third-order valence-electron chi connectivity index (χ3n) is 6.14. The maximum Gasteiger partial charge on any atom is 0.322 e. The minimum absolute atomic E-state index is 0.171. The van der Waals surface area contributed by atoms with Crippen LogP contribution in [0.3, 0.4) is 0 Å². The number of aromatic amines is 1. The van der Waals surface area contributed by atoms with E-state index in [0.29, 0.717) is 22.4 Å². The molecule has 1 aliphatic rings. The molecule has 3 aromatic carbocycles. The zero-order valence-electron chi connectivity index (χ0n) is 21.0. The second-order valence-electron chi connectivity index (χ2n) is 9.24. The first-order chi connectivity index (χ1) is 19.1. The van der Waals surface area contributed by atoms with Crippen LogP contribution in [-0.2, 0) is 36.6 Å². The number of hydrogen-bond donors (Lipinski definition) is 5. The summed E-state index contributed by atoms with van der Waals surface area (Å²) in [6, 6.07) is 18.9. The van der Waals surface area contributed by atoms with Crippen molar-refractivity contribution in [1.29, 1.82) is 0 Å². The standard InChI is InChI=1S/C27H25N5O7S/c33-24(31-27-29-18-8-4-5-9-19(18)30-27)14-23-25(34)28-20-12-17(10-11-22(20)39-23)13-21(26(35)36)32-40(37,38)15-16-6-2-1-3-7-16/h1-12,21,23,32H,13-15H2,(H,28,34)(H,35,36)(H2,29,30,31,33)/t21-,23?/m0/s1. The van der Waals surface area contributed by atoms with Crippen molar-refractivity contribution in [3.8, 4) is 5.75 Å². The summed E-state index contributed by atoms with van der Waals surface area (Å²) >= 11 is 0. The van der Waals surface area contributed by atoms with Crippen LogP contribution in [0, 0.1) is 0 Å². The van der Waals surface area contributed by atoms with Crippen molar-refractivity contribution in [2.24, 2.45) is 0 Å². The summed E-state index contributed by atoms with van der Waals surface area (Å²) in [6.45, 7) is 0. The molecule has 13 heteroatoms. The Morgan fingerprint density at radius 1 is 1.02 bits per heavy atom. The summed E-state index contributed by atoms with van der Waals surface area (Å²) in [5, 5.41) is 14.9. The average Bonchev–Trinajstić information content (AvgIpc) is 3.31. The van der Waals surface area contributed by atoms with E-state index in [0.717, 1.165) is 5.52 Å². The molecule has 5 N–H and O–H groups in total. The molecule has 40 heavy (non-hydrogen) atoms. The lowest BCUT2D eigenvalue weighted by atomic mass is 10.0. The quantitative estimate of drug-likeness (QED) is 0.195. The van der Waals surface area contributed by atoms with E-state index in [1.807, 2.05) is 18.2 Å². The second-order valence-corrected chi connectivity index (χ2v) is 11.0. The minimum atomic E-state index is -3.94. The van der Waals surface area contributed by atoms with Crippen molar-refractivity contribution in [3.05, 3.63) is 83.9 Å². The van der Waals surface area contributed by atoms with Gasteiger partial charge in [0.15, 0.2) is 6.10 Å². The largest absolute Gasteiger partial charge is 0.480 e. The summed E-state index contributed by atoms with van der Waals surface area (Å²) in [5.74, 6) is -2.20. The number of carboxylic acids is 1. The van der Waals surface area contributed by atoms with E-state index in [2.05, 4.69) is 25.3 Å². The van der Waals surface area contributed by atoms with Crippen molar-refractivity contribution in [1.82, 2.24) is 14.7 Å². The number of carbonyl (C=O) groups excluding carboxylic acids is 2. The van der Waals surface area contributed by atoms with Crippen LogP contribution in [0.4, 0.5) is 11.6 Å². The molecular weight excluding hydrogens is 538 g/mol. The molecule has 0 saturated heterocycles. The van der Waals surface area contributed by atoms with E-state index in [9.17, 15) is 27.9 Å². The molecule has 4 aromatic rings. The fourth-order valence-corrected chi connectivity index (χ4v) is 5.62. The summed E-state index contributed by atoms with van der Waals surface area (Å²) in [5.41, 5.74) is 2.70. The number of aromatic nitrogens is 2. The molecule has 1 aromatic heterocycles. The number of imidazole rings is 1. The molecule has 1 aliphatic heterocycles. The molecule has 206 valence electrons. The Kier molecular flexibility index (Phi) is 7.49. The Morgan fingerprint density at radius 2 is 1.77 bits per heavy atom. The smallest absolute Gasteiger partial charge is 0.322 e. The normalized spacial score (nSPS) is 15.5. The first-order valence-electron chi connectivity index (χ1n) is 12.3. The van der Waals surface area contributed by atoms with Gasteiger partial charge in [-0.25, -0.2) is 18.1 Å². The molecule has 0 aliphatic carbocycles. The maximum atomic E-state index is 12.7. The van der Waals surface area contributed by atoms with Gasteiger partial charge >= 0.3 is 5.97 Å². The number of benzene rings is 3. The minimum Gasteiger partial charge on any atom is -0.480 e. The fraction of sp³-hybridized carbons (Fsp3) is 0.185. The Balaban J connectivity index is 1.21. The molecular formula is C27H25N5O7S. The van der Waals surface area contributed by atoms with Gasteiger partial charge in [0.2, 0.25) is 21.9 Å².